The molecule has 0 bridgehead atoms. The molecule has 0 saturated heterocycles. The Bertz CT molecular complexity index is 628. The Labute approximate surface area is 132 Å². The quantitative estimate of drug-likeness (QED) is 0.877. The molecule has 0 spiro atoms. The Morgan fingerprint density at radius 1 is 0.864 bits per heavy atom. The molecular weight excluding hydrogens is 278 g/mol. The molecule has 0 atom stereocenters. The second-order valence-corrected chi connectivity index (χ2v) is 5.21. The Hall–Kier alpha value is -2.36. The molecule has 2 aromatic carbocycles. The largest absolute Gasteiger partial charge is 0.493 e. The van der Waals surface area contributed by atoms with Crippen molar-refractivity contribution in [3.8, 4) is 17.2 Å². The number of hydrogen-bond donors (Lipinski definition) is 1. The van der Waals surface area contributed by atoms with Crippen LogP contribution in [0.4, 0.5) is 5.69 Å². The molecule has 0 fully saturated rings. The molecule has 2 aromatic rings. The molecule has 0 aliphatic rings. The third-order valence-electron chi connectivity index (χ3n) is 3.59. The summed E-state index contributed by atoms with van der Waals surface area (Å²) in [6, 6.07) is 10.3. The van der Waals surface area contributed by atoms with E-state index in [4.69, 9.17) is 14.2 Å². The lowest BCUT2D eigenvalue weighted by molar-refractivity contribution is 0.324. The Balaban J connectivity index is 2.22. The standard InChI is InChI=1S/C18H23NO3/c1-12-6-7-15(13(2)8-12)19-11-14-9-16(20-3)18(22-5)17(10-14)21-4/h6-10,19H,11H2,1-5H3. The van der Waals surface area contributed by atoms with E-state index in [9.17, 15) is 0 Å². The topological polar surface area (TPSA) is 39.7 Å². The number of methoxy groups -OCH3 is 3. The van der Waals surface area contributed by atoms with Gasteiger partial charge in [0, 0.05) is 12.2 Å². The summed E-state index contributed by atoms with van der Waals surface area (Å²) < 4.78 is 16.1. The van der Waals surface area contributed by atoms with E-state index in [1.807, 2.05) is 12.1 Å². The third-order valence-corrected chi connectivity index (χ3v) is 3.59. The van der Waals surface area contributed by atoms with Crippen LogP contribution in [0.25, 0.3) is 0 Å². The SMILES string of the molecule is COc1cc(CNc2ccc(C)cc2C)cc(OC)c1OC. The van der Waals surface area contributed by atoms with Gasteiger partial charge < -0.3 is 19.5 Å². The molecule has 0 radical (unpaired) electrons. The van der Waals surface area contributed by atoms with Crippen molar-refractivity contribution in [1.82, 2.24) is 0 Å². The highest BCUT2D eigenvalue weighted by molar-refractivity contribution is 5.56. The number of anilines is 1. The van der Waals surface area contributed by atoms with Gasteiger partial charge in [0.25, 0.3) is 0 Å². The summed E-state index contributed by atoms with van der Waals surface area (Å²) in [6.07, 6.45) is 0. The predicted molar refractivity (Wildman–Crippen MR) is 89.3 cm³/mol. The van der Waals surface area contributed by atoms with Crippen molar-refractivity contribution in [3.63, 3.8) is 0 Å². The number of benzene rings is 2. The van der Waals surface area contributed by atoms with Gasteiger partial charge in [0.2, 0.25) is 5.75 Å². The van der Waals surface area contributed by atoms with Gasteiger partial charge in [0.15, 0.2) is 11.5 Å². The van der Waals surface area contributed by atoms with Gasteiger partial charge in [0.05, 0.1) is 21.3 Å². The first-order valence-electron chi connectivity index (χ1n) is 7.19. The molecule has 0 heterocycles. The van der Waals surface area contributed by atoms with E-state index < -0.39 is 0 Å². The minimum Gasteiger partial charge on any atom is -0.493 e. The van der Waals surface area contributed by atoms with E-state index in [1.54, 1.807) is 21.3 Å². The maximum absolute atomic E-state index is 5.38. The summed E-state index contributed by atoms with van der Waals surface area (Å²) in [4.78, 5) is 0. The summed E-state index contributed by atoms with van der Waals surface area (Å²) >= 11 is 0. The molecular formula is C18H23NO3. The van der Waals surface area contributed by atoms with E-state index in [-0.39, 0.29) is 0 Å². The van der Waals surface area contributed by atoms with Crippen molar-refractivity contribution < 1.29 is 14.2 Å². The van der Waals surface area contributed by atoms with Crippen LogP contribution in [-0.2, 0) is 6.54 Å². The van der Waals surface area contributed by atoms with Crippen LogP contribution in [0.2, 0.25) is 0 Å². The highest BCUT2D eigenvalue weighted by atomic mass is 16.5. The van der Waals surface area contributed by atoms with Crippen LogP contribution in [0.15, 0.2) is 30.3 Å². The molecule has 0 aliphatic heterocycles. The number of aryl methyl sites for hydroxylation is 2. The summed E-state index contributed by atoms with van der Waals surface area (Å²) in [5.41, 5.74) is 4.68. The van der Waals surface area contributed by atoms with Gasteiger partial charge in [-0.05, 0) is 43.2 Å². The lowest BCUT2D eigenvalue weighted by atomic mass is 10.1. The molecule has 0 aliphatic carbocycles. The van der Waals surface area contributed by atoms with Gasteiger partial charge in [-0.1, -0.05) is 17.7 Å². The second kappa shape index (κ2) is 7.07. The molecule has 22 heavy (non-hydrogen) atoms. The van der Waals surface area contributed by atoms with Crippen LogP contribution in [0.1, 0.15) is 16.7 Å². The van der Waals surface area contributed by atoms with Crippen molar-refractivity contribution >= 4 is 5.69 Å². The van der Waals surface area contributed by atoms with Gasteiger partial charge in [-0.3, -0.25) is 0 Å². The Morgan fingerprint density at radius 3 is 2.00 bits per heavy atom. The van der Waals surface area contributed by atoms with E-state index >= 15 is 0 Å². The fraction of sp³-hybridized carbons (Fsp3) is 0.333. The minimum atomic E-state index is 0.611. The van der Waals surface area contributed by atoms with Crippen molar-refractivity contribution in [2.24, 2.45) is 0 Å². The monoisotopic (exact) mass is 301 g/mol. The zero-order valence-corrected chi connectivity index (χ0v) is 13.8. The summed E-state index contributed by atoms with van der Waals surface area (Å²) in [5.74, 6) is 1.94. The van der Waals surface area contributed by atoms with E-state index in [2.05, 4.69) is 37.4 Å². The first-order valence-corrected chi connectivity index (χ1v) is 7.19. The highest BCUT2D eigenvalue weighted by Gasteiger charge is 2.13. The van der Waals surface area contributed by atoms with Crippen LogP contribution < -0.4 is 19.5 Å². The Morgan fingerprint density at radius 2 is 1.50 bits per heavy atom. The smallest absolute Gasteiger partial charge is 0.203 e. The maximum Gasteiger partial charge on any atom is 0.203 e. The van der Waals surface area contributed by atoms with Crippen molar-refractivity contribution in [3.05, 3.63) is 47.0 Å². The zero-order valence-electron chi connectivity index (χ0n) is 13.8. The van der Waals surface area contributed by atoms with Crippen molar-refractivity contribution in [2.45, 2.75) is 20.4 Å². The van der Waals surface area contributed by atoms with Crippen LogP contribution in [0.3, 0.4) is 0 Å². The molecule has 4 nitrogen and oxygen atoms in total. The third kappa shape index (κ3) is 3.45. The lowest BCUT2D eigenvalue weighted by Crippen LogP contribution is -2.03. The lowest BCUT2D eigenvalue weighted by Gasteiger charge is -2.15. The van der Waals surface area contributed by atoms with Gasteiger partial charge in [-0.2, -0.15) is 0 Å². The first kappa shape index (κ1) is 16.0. The molecule has 4 heteroatoms. The first-order chi connectivity index (χ1) is 10.6. The number of ether oxygens (including phenoxy) is 3. The van der Waals surface area contributed by atoms with Gasteiger partial charge in [-0.15, -0.1) is 0 Å². The molecule has 118 valence electrons. The fourth-order valence-electron chi connectivity index (χ4n) is 2.45. The zero-order chi connectivity index (χ0) is 16.1. The number of nitrogens with one attached hydrogen (secondary N) is 1. The highest BCUT2D eigenvalue weighted by Crippen LogP contribution is 2.38. The van der Waals surface area contributed by atoms with Crippen LogP contribution in [-0.4, -0.2) is 21.3 Å². The van der Waals surface area contributed by atoms with Crippen LogP contribution in [0, 0.1) is 13.8 Å². The molecule has 2 rings (SSSR count). The molecule has 0 unspecified atom stereocenters. The van der Waals surface area contributed by atoms with Crippen LogP contribution in [0.5, 0.6) is 17.2 Å². The van der Waals surface area contributed by atoms with Crippen molar-refractivity contribution in [2.75, 3.05) is 26.6 Å². The average molecular weight is 301 g/mol. The van der Waals surface area contributed by atoms with Gasteiger partial charge >= 0.3 is 0 Å². The predicted octanol–water partition coefficient (Wildman–Crippen LogP) is 3.94. The molecule has 0 saturated carbocycles. The van der Waals surface area contributed by atoms with Gasteiger partial charge in [-0.25, -0.2) is 0 Å². The minimum absolute atomic E-state index is 0.611. The molecule has 0 aromatic heterocycles. The van der Waals surface area contributed by atoms with E-state index in [0.717, 1.165) is 11.3 Å². The van der Waals surface area contributed by atoms with E-state index in [1.165, 1.54) is 11.1 Å². The fourth-order valence-corrected chi connectivity index (χ4v) is 2.45. The van der Waals surface area contributed by atoms with Crippen molar-refractivity contribution in [1.29, 1.82) is 0 Å². The van der Waals surface area contributed by atoms with Gasteiger partial charge in [0.1, 0.15) is 0 Å². The van der Waals surface area contributed by atoms with Crippen LogP contribution >= 0.6 is 0 Å². The Kier molecular flexibility index (Phi) is 5.15. The second-order valence-electron chi connectivity index (χ2n) is 5.21. The normalized spacial score (nSPS) is 10.2. The summed E-state index contributed by atoms with van der Waals surface area (Å²) in [6.45, 7) is 4.88. The summed E-state index contributed by atoms with van der Waals surface area (Å²) in [7, 11) is 4.85. The average Bonchev–Trinajstić information content (AvgIpc) is 2.52. The number of hydrogen-bond acceptors (Lipinski definition) is 4. The van der Waals surface area contributed by atoms with E-state index in [0.29, 0.717) is 23.8 Å². The number of rotatable bonds is 6. The molecule has 1 N–H and O–H groups in total. The summed E-state index contributed by atoms with van der Waals surface area (Å²) in [5, 5.41) is 3.44. The molecule has 0 amide bonds. The maximum atomic E-state index is 5.38.